The van der Waals surface area contributed by atoms with Crippen molar-refractivity contribution in [1.82, 2.24) is 9.88 Å². The normalized spacial score (nSPS) is 15.6. The van der Waals surface area contributed by atoms with Gasteiger partial charge in [-0.3, -0.25) is 4.79 Å². The quantitative estimate of drug-likeness (QED) is 0.871. The minimum absolute atomic E-state index is 0.0140. The molecule has 0 saturated heterocycles. The zero-order valence-electron chi connectivity index (χ0n) is 12.9. The number of carbonyl (C=O) groups is 1. The van der Waals surface area contributed by atoms with Gasteiger partial charge in [0.15, 0.2) is 0 Å². The van der Waals surface area contributed by atoms with Crippen LogP contribution < -0.4 is 5.73 Å². The number of nitrogen functional groups attached to an aromatic ring is 1. The predicted molar refractivity (Wildman–Crippen MR) is 83.1 cm³/mol. The average Bonchev–Trinajstić information content (AvgIpc) is 2.97. The smallest absolute Gasteiger partial charge is 0.254 e. The number of hydrogen-bond donors (Lipinski definition) is 2. The highest BCUT2D eigenvalue weighted by Gasteiger charge is 2.27. The highest BCUT2D eigenvalue weighted by Crippen LogP contribution is 2.25. The van der Waals surface area contributed by atoms with Gasteiger partial charge in [0.2, 0.25) is 0 Å². The number of hydrogen-bond acceptors (Lipinski definition) is 4. The topological polar surface area (TPSA) is 79.5 Å². The third-order valence-corrected chi connectivity index (χ3v) is 4.07. The molecular weight excluding hydrogens is 266 g/mol. The first-order valence-electron chi connectivity index (χ1n) is 7.72. The summed E-state index contributed by atoms with van der Waals surface area (Å²) in [6, 6.07) is 3.69. The minimum atomic E-state index is -0.0491. The maximum absolute atomic E-state index is 12.8. The number of amides is 1. The average molecular weight is 291 g/mol. The van der Waals surface area contributed by atoms with E-state index in [1.54, 1.807) is 11.0 Å². The Morgan fingerprint density at radius 3 is 2.67 bits per heavy atom. The van der Waals surface area contributed by atoms with Crippen molar-refractivity contribution in [2.75, 3.05) is 18.9 Å². The molecule has 0 aliphatic heterocycles. The van der Waals surface area contributed by atoms with Gasteiger partial charge in [-0.1, -0.05) is 26.7 Å². The third kappa shape index (κ3) is 3.73. The third-order valence-electron chi connectivity index (χ3n) is 4.07. The van der Waals surface area contributed by atoms with Gasteiger partial charge in [-0.2, -0.15) is 0 Å². The molecule has 1 aromatic heterocycles. The molecule has 5 nitrogen and oxygen atoms in total. The van der Waals surface area contributed by atoms with Crippen LogP contribution in [-0.4, -0.2) is 40.1 Å². The largest absolute Gasteiger partial charge is 0.395 e. The van der Waals surface area contributed by atoms with Gasteiger partial charge in [0.1, 0.15) is 5.82 Å². The molecule has 1 fully saturated rings. The lowest BCUT2D eigenvalue weighted by molar-refractivity contribution is 0.0638. The van der Waals surface area contributed by atoms with Crippen LogP contribution in [-0.2, 0) is 0 Å². The first kappa shape index (κ1) is 15.8. The minimum Gasteiger partial charge on any atom is -0.395 e. The second kappa shape index (κ2) is 6.89. The van der Waals surface area contributed by atoms with Crippen LogP contribution in [0.1, 0.15) is 61.5 Å². The van der Waals surface area contributed by atoms with Gasteiger partial charge >= 0.3 is 0 Å². The van der Waals surface area contributed by atoms with Crippen molar-refractivity contribution < 1.29 is 9.90 Å². The van der Waals surface area contributed by atoms with Gasteiger partial charge in [-0.15, -0.1) is 0 Å². The lowest BCUT2D eigenvalue weighted by Gasteiger charge is -2.28. The SMILES string of the molecule is CC(C)c1cc(C(=O)N(CCO)C2CCCC2)cc(N)n1. The maximum atomic E-state index is 12.8. The highest BCUT2D eigenvalue weighted by molar-refractivity contribution is 5.95. The first-order chi connectivity index (χ1) is 10.0. The molecule has 0 aromatic carbocycles. The van der Waals surface area contributed by atoms with Crippen LogP contribution in [0.2, 0.25) is 0 Å². The van der Waals surface area contributed by atoms with E-state index in [4.69, 9.17) is 5.73 Å². The number of aliphatic hydroxyl groups is 1. The fourth-order valence-corrected chi connectivity index (χ4v) is 2.93. The Bertz CT molecular complexity index is 496. The lowest BCUT2D eigenvalue weighted by atomic mass is 10.1. The van der Waals surface area contributed by atoms with E-state index in [0.29, 0.717) is 17.9 Å². The van der Waals surface area contributed by atoms with Crippen molar-refractivity contribution in [2.45, 2.75) is 51.5 Å². The molecule has 0 radical (unpaired) electrons. The molecule has 0 atom stereocenters. The molecule has 0 unspecified atom stereocenters. The second-order valence-corrected chi connectivity index (χ2v) is 6.02. The van der Waals surface area contributed by atoms with Crippen LogP contribution in [0.15, 0.2) is 12.1 Å². The molecule has 1 aliphatic carbocycles. The molecule has 1 saturated carbocycles. The van der Waals surface area contributed by atoms with Gasteiger partial charge in [0.25, 0.3) is 5.91 Å². The molecule has 21 heavy (non-hydrogen) atoms. The molecule has 3 N–H and O–H groups in total. The van der Waals surface area contributed by atoms with E-state index >= 15 is 0 Å². The van der Waals surface area contributed by atoms with Crippen LogP contribution in [0, 0.1) is 0 Å². The fraction of sp³-hybridized carbons (Fsp3) is 0.625. The monoisotopic (exact) mass is 291 g/mol. The molecule has 0 spiro atoms. The Morgan fingerprint density at radius 1 is 1.43 bits per heavy atom. The van der Waals surface area contributed by atoms with Crippen molar-refractivity contribution in [3.63, 3.8) is 0 Å². The Kier molecular flexibility index (Phi) is 5.17. The van der Waals surface area contributed by atoms with E-state index in [-0.39, 0.29) is 24.5 Å². The summed E-state index contributed by atoms with van der Waals surface area (Å²) in [5.74, 6) is 0.546. The second-order valence-electron chi connectivity index (χ2n) is 6.02. The van der Waals surface area contributed by atoms with Gasteiger partial charge in [-0.25, -0.2) is 4.98 Å². The molecule has 0 bridgehead atoms. The van der Waals surface area contributed by atoms with E-state index in [9.17, 15) is 9.90 Å². The first-order valence-corrected chi connectivity index (χ1v) is 7.72. The summed E-state index contributed by atoms with van der Waals surface area (Å²) in [7, 11) is 0. The van der Waals surface area contributed by atoms with Gasteiger partial charge < -0.3 is 15.7 Å². The Balaban J connectivity index is 2.27. The Morgan fingerprint density at radius 2 is 2.10 bits per heavy atom. The van der Waals surface area contributed by atoms with Crippen molar-refractivity contribution in [3.05, 3.63) is 23.4 Å². The Hall–Kier alpha value is -1.62. The summed E-state index contributed by atoms with van der Waals surface area (Å²) in [5, 5.41) is 9.26. The summed E-state index contributed by atoms with van der Waals surface area (Å²) in [4.78, 5) is 18.9. The summed E-state index contributed by atoms with van der Waals surface area (Å²) < 4.78 is 0. The van der Waals surface area contributed by atoms with E-state index in [0.717, 1.165) is 31.4 Å². The summed E-state index contributed by atoms with van der Waals surface area (Å²) >= 11 is 0. The van der Waals surface area contributed by atoms with Crippen LogP contribution in [0.4, 0.5) is 5.82 Å². The van der Waals surface area contributed by atoms with E-state index < -0.39 is 0 Å². The van der Waals surface area contributed by atoms with Crippen LogP contribution in [0.25, 0.3) is 0 Å². The summed E-state index contributed by atoms with van der Waals surface area (Å²) in [6.45, 7) is 4.42. The van der Waals surface area contributed by atoms with Crippen LogP contribution in [0.3, 0.4) is 0 Å². The Labute approximate surface area is 126 Å². The highest BCUT2D eigenvalue weighted by atomic mass is 16.3. The van der Waals surface area contributed by atoms with Crippen molar-refractivity contribution in [3.8, 4) is 0 Å². The predicted octanol–water partition coefficient (Wildman–Crippen LogP) is 2.16. The van der Waals surface area contributed by atoms with Crippen molar-refractivity contribution in [1.29, 1.82) is 0 Å². The zero-order chi connectivity index (χ0) is 15.4. The number of aromatic nitrogens is 1. The van der Waals surface area contributed by atoms with Crippen LogP contribution in [0.5, 0.6) is 0 Å². The molecule has 116 valence electrons. The number of nitrogens with zero attached hydrogens (tertiary/aromatic N) is 2. The number of carbonyl (C=O) groups excluding carboxylic acids is 1. The van der Waals surface area contributed by atoms with Gasteiger partial charge in [0, 0.05) is 23.8 Å². The lowest BCUT2D eigenvalue weighted by Crippen LogP contribution is -2.40. The van der Waals surface area contributed by atoms with E-state index in [1.165, 1.54) is 0 Å². The fourth-order valence-electron chi connectivity index (χ4n) is 2.93. The molecule has 1 aromatic rings. The molecule has 1 aliphatic rings. The number of anilines is 1. The molecule has 2 rings (SSSR count). The number of pyridine rings is 1. The molecular formula is C16H25N3O2. The standard InChI is InChI=1S/C16H25N3O2/c1-11(2)14-9-12(10-15(17)18-14)16(21)19(7-8-20)13-5-3-4-6-13/h9-11,13,20H,3-8H2,1-2H3,(H2,17,18). The zero-order valence-corrected chi connectivity index (χ0v) is 12.9. The van der Waals surface area contributed by atoms with Gasteiger partial charge in [-0.05, 0) is 30.9 Å². The summed E-state index contributed by atoms with van der Waals surface area (Å²) in [5.41, 5.74) is 7.23. The maximum Gasteiger partial charge on any atom is 0.254 e. The number of aliphatic hydroxyl groups excluding tert-OH is 1. The number of nitrogens with two attached hydrogens (primary N) is 1. The van der Waals surface area contributed by atoms with Gasteiger partial charge in [0.05, 0.1) is 6.61 Å². The van der Waals surface area contributed by atoms with Crippen LogP contribution >= 0.6 is 0 Å². The molecule has 1 heterocycles. The van der Waals surface area contributed by atoms with E-state index in [2.05, 4.69) is 4.98 Å². The van der Waals surface area contributed by atoms with E-state index in [1.807, 2.05) is 19.9 Å². The van der Waals surface area contributed by atoms with Crippen molar-refractivity contribution >= 4 is 11.7 Å². The van der Waals surface area contributed by atoms with Crippen molar-refractivity contribution in [2.24, 2.45) is 0 Å². The molecule has 5 heteroatoms. The number of rotatable bonds is 5. The summed E-state index contributed by atoms with van der Waals surface area (Å²) in [6.07, 6.45) is 4.33. The molecule has 1 amide bonds.